The van der Waals surface area contributed by atoms with Crippen LogP contribution in [0.15, 0.2) is 12.1 Å². The van der Waals surface area contributed by atoms with Crippen LogP contribution in [0.25, 0.3) is 10.9 Å². The van der Waals surface area contributed by atoms with E-state index in [1.54, 1.807) is 14.2 Å². The van der Waals surface area contributed by atoms with Gasteiger partial charge in [0.25, 0.3) is 0 Å². The summed E-state index contributed by atoms with van der Waals surface area (Å²) >= 11 is 0. The van der Waals surface area contributed by atoms with Crippen molar-refractivity contribution in [3.8, 4) is 11.5 Å². The molecule has 0 saturated carbocycles. The van der Waals surface area contributed by atoms with Crippen molar-refractivity contribution >= 4 is 28.6 Å². The van der Waals surface area contributed by atoms with E-state index in [1.807, 2.05) is 30.9 Å². The standard InChI is InChI=1S/C23H35N5O3/c1-6-11-24-21-17-13-19(30-4)20(31-5)14-18(17)25-23(26-21)28-12-9-10-16(15-28)22(29)27(7-2)8-3/h13-14,16H,6-12,15H2,1-5H3,(H,24,25,26). The van der Waals surface area contributed by atoms with E-state index in [4.69, 9.17) is 19.4 Å². The van der Waals surface area contributed by atoms with Crippen molar-refractivity contribution in [1.29, 1.82) is 0 Å². The number of anilines is 2. The summed E-state index contributed by atoms with van der Waals surface area (Å²) in [4.78, 5) is 26.7. The molecule has 1 aliphatic heterocycles. The van der Waals surface area contributed by atoms with Crippen LogP contribution in [-0.4, -0.2) is 67.7 Å². The van der Waals surface area contributed by atoms with Gasteiger partial charge in [-0.15, -0.1) is 0 Å². The number of nitrogens with one attached hydrogen (secondary N) is 1. The Hall–Kier alpha value is -2.77. The Kier molecular flexibility index (Phi) is 7.76. The number of amides is 1. The van der Waals surface area contributed by atoms with Crippen LogP contribution in [0.1, 0.15) is 40.0 Å². The van der Waals surface area contributed by atoms with Crippen molar-refractivity contribution in [2.24, 2.45) is 5.92 Å². The lowest BCUT2D eigenvalue weighted by Gasteiger charge is -2.34. The molecule has 1 N–H and O–H groups in total. The van der Waals surface area contributed by atoms with Crippen molar-refractivity contribution < 1.29 is 14.3 Å². The van der Waals surface area contributed by atoms with Gasteiger partial charge < -0.3 is 24.6 Å². The molecule has 0 bridgehead atoms. The highest BCUT2D eigenvalue weighted by atomic mass is 16.5. The van der Waals surface area contributed by atoms with Gasteiger partial charge in [0, 0.05) is 44.2 Å². The maximum Gasteiger partial charge on any atom is 0.227 e. The monoisotopic (exact) mass is 429 g/mol. The number of ether oxygens (including phenoxy) is 2. The van der Waals surface area contributed by atoms with E-state index in [0.29, 0.717) is 24.0 Å². The smallest absolute Gasteiger partial charge is 0.227 e. The third-order valence-electron chi connectivity index (χ3n) is 5.86. The number of carbonyl (C=O) groups excluding carboxylic acids is 1. The summed E-state index contributed by atoms with van der Waals surface area (Å²) in [5.41, 5.74) is 0.790. The molecule has 8 nitrogen and oxygen atoms in total. The fourth-order valence-electron chi connectivity index (χ4n) is 4.12. The Balaban J connectivity index is 1.97. The molecule has 2 heterocycles. The summed E-state index contributed by atoms with van der Waals surface area (Å²) in [6.45, 7) is 9.95. The minimum absolute atomic E-state index is 0.0228. The molecule has 0 spiro atoms. The van der Waals surface area contributed by atoms with Crippen LogP contribution in [0.4, 0.5) is 11.8 Å². The van der Waals surface area contributed by atoms with Gasteiger partial charge in [-0.1, -0.05) is 6.92 Å². The fourth-order valence-corrected chi connectivity index (χ4v) is 4.12. The zero-order valence-corrected chi connectivity index (χ0v) is 19.4. The van der Waals surface area contributed by atoms with E-state index < -0.39 is 0 Å². The van der Waals surface area contributed by atoms with Crippen molar-refractivity contribution in [3.05, 3.63) is 12.1 Å². The van der Waals surface area contributed by atoms with Gasteiger partial charge in [-0.25, -0.2) is 4.98 Å². The maximum absolute atomic E-state index is 12.9. The average Bonchev–Trinajstić information content (AvgIpc) is 2.82. The van der Waals surface area contributed by atoms with E-state index >= 15 is 0 Å². The van der Waals surface area contributed by atoms with E-state index in [9.17, 15) is 4.79 Å². The molecule has 0 radical (unpaired) electrons. The lowest BCUT2D eigenvalue weighted by molar-refractivity contribution is -0.135. The first-order valence-electron chi connectivity index (χ1n) is 11.3. The third-order valence-corrected chi connectivity index (χ3v) is 5.86. The number of hydrogen-bond acceptors (Lipinski definition) is 7. The minimum Gasteiger partial charge on any atom is -0.493 e. The van der Waals surface area contributed by atoms with Gasteiger partial charge in [0.15, 0.2) is 11.5 Å². The van der Waals surface area contributed by atoms with Gasteiger partial charge in [-0.2, -0.15) is 4.98 Å². The molecule has 2 aromatic rings. The number of piperidine rings is 1. The molecule has 1 aliphatic rings. The summed E-state index contributed by atoms with van der Waals surface area (Å²) in [7, 11) is 3.24. The van der Waals surface area contributed by atoms with E-state index in [-0.39, 0.29) is 11.8 Å². The Morgan fingerprint density at radius 2 is 1.87 bits per heavy atom. The summed E-state index contributed by atoms with van der Waals surface area (Å²) < 4.78 is 11.0. The van der Waals surface area contributed by atoms with Crippen LogP contribution in [0.5, 0.6) is 11.5 Å². The molecule has 170 valence electrons. The zero-order chi connectivity index (χ0) is 22.4. The minimum atomic E-state index is -0.0228. The lowest BCUT2D eigenvalue weighted by Crippen LogP contribution is -2.45. The predicted octanol–water partition coefficient (Wildman–Crippen LogP) is 3.55. The summed E-state index contributed by atoms with van der Waals surface area (Å²) in [6.07, 6.45) is 2.84. The van der Waals surface area contributed by atoms with Crippen LogP contribution in [0.3, 0.4) is 0 Å². The Morgan fingerprint density at radius 3 is 2.52 bits per heavy atom. The summed E-state index contributed by atoms with van der Waals surface area (Å²) in [5.74, 6) is 2.91. The molecule has 3 rings (SSSR count). The molecule has 1 saturated heterocycles. The molecule has 31 heavy (non-hydrogen) atoms. The quantitative estimate of drug-likeness (QED) is 0.653. The second kappa shape index (κ2) is 10.5. The van der Waals surface area contributed by atoms with E-state index in [1.165, 1.54) is 0 Å². The van der Waals surface area contributed by atoms with E-state index in [2.05, 4.69) is 17.1 Å². The molecule has 1 unspecified atom stereocenters. The van der Waals surface area contributed by atoms with Gasteiger partial charge in [0.05, 0.1) is 25.7 Å². The zero-order valence-electron chi connectivity index (χ0n) is 19.4. The van der Waals surface area contributed by atoms with Crippen LogP contribution < -0.4 is 19.7 Å². The molecule has 1 fully saturated rings. The highest BCUT2D eigenvalue weighted by molar-refractivity contribution is 5.93. The first-order valence-corrected chi connectivity index (χ1v) is 11.3. The predicted molar refractivity (Wildman–Crippen MR) is 124 cm³/mol. The first kappa shape index (κ1) is 22.9. The topological polar surface area (TPSA) is 79.8 Å². The molecular formula is C23H35N5O3. The van der Waals surface area contributed by atoms with Crippen LogP contribution in [-0.2, 0) is 4.79 Å². The number of rotatable bonds is 9. The molecule has 1 aromatic heterocycles. The molecule has 1 aromatic carbocycles. The third kappa shape index (κ3) is 4.94. The fraction of sp³-hybridized carbons (Fsp3) is 0.609. The Bertz CT molecular complexity index is 900. The maximum atomic E-state index is 12.9. The van der Waals surface area contributed by atoms with Crippen molar-refractivity contribution in [2.45, 2.75) is 40.0 Å². The van der Waals surface area contributed by atoms with Gasteiger partial charge in [0.1, 0.15) is 5.82 Å². The second-order valence-electron chi connectivity index (χ2n) is 7.82. The van der Waals surface area contributed by atoms with Gasteiger partial charge >= 0.3 is 0 Å². The largest absolute Gasteiger partial charge is 0.493 e. The van der Waals surface area contributed by atoms with Crippen molar-refractivity contribution in [3.63, 3.8) is 0 Å². The number of benzene rings is 1. The molecule has 0 aliphatic carbocycles. The first-order chi connectivity index (χ1) is 15.1. The molecule has 1 atom stereocenters. The number of hydrogen-bond donors (Lipinski definition) is 1. The summed E-state index contributed by atoms with van der Waals surface area (Å²) in [6, 6.07) is 3.80. The number of nitrogens with zero attached hydrogens (tertiary/aromatic N) is 4. The van der Waals surface area contributed by atoms with E-state index in [0.717, 1.165) is 62.2 Å². The molecule has 1 amide bonds. The normalized spacial score (nSPS) is 16.3. The molecular weight excluding hydrogens is 394 g/mol. The summed E-state index contributed by atoms with van der Waals surface area (Å²) in [5, 5.41) is 4.32. The van der Waals surface area contributed by atoms with Crippen LogP contribution in [0, 0.1) is 5.92 Å². The van der Waals surface area contributed by atoms with Crippen LogP contribution in [0.2, 0.25) is 0 Å². The Morgan fingerprint density at radius 1 is 1.16 bits per heavy atom. The van der Waals surface area contributed by atoms with Crippen molar-refractivity contribution in [1.82, 2.24) is 14.9 Å². The van der Waals surface area contributed by atoms with Gasteiger partial charge in [-0.3, -0.25) is 4.79 Å². The number of fused-ring (bicyclic) bond motifs is 1. The highest BCUT2D eigenvalue weighted by Crippen LogP contribution is 2.35. The number of methoxy groups -OCH3 is 2. The molecule has 8 heteroatoms. The Labute approximate surface area is 184 Å². The van der Waals surface area contributed by atoms with Crippen molar-refractivity contribution in [2.75, 3.05) is 57.2 Å². The SMILES string of the molecule is CCCNc1nc(N2CCCC(C(=O)N(CC)CC)C2)nc2cc(OC)c(OC)cc12. The highest BCUT2D eigenvalue weighted by Gasteiger charge is 2.30. The van der Waals surface area contributed by atoms with Crippen LogP contribution >= 0.6 is 0 Å². The lowest BCUT2D eigenvalue weighted by atomic mass is 9.96. The van der Waals surface area contributed by atoms with Gasteiger partial charge in [-0.05, 0) is 39.2 Å². The average molecular weight is 430 g/mol. The number of carbonyl (C=O) groups is 1. The second-order valence-corrected chi connectivity index (χ2v) is 7.82. The number of aromatic nitrogens is 2. The van der Waals surface area contributed by atoms with Gasteiger partial charge in [0.2, 0.25) is 11.9 Å².